The van der Waals surface area contributed by atoms with Gasteiger partial charge >= 0.3 is 0 Å². The van der Waals surface area contributed by atoms with E-state index in [1.165, 1.54) is 0 Å². The fourth-order valence-corrected chi connectivity index (χ4v) is 2.59. The van der Waals surface area contributed by atoms with Gasteiger partial charge in [-0.25, -0.2) is 0 Å². The number of fused-ring (bicyclic) bond motifs is 1. The third kappa shape index (κ3) is 3.07. The molecule has 122 valence electrons. The number of aromatic hydroxyl groups is 1. The lowest BCUT2D eigenvalue weighted by Crippen LogP contribution is -2.01. The molecule has 7 heteroatoms. The van der Waals surface area contributed by atoms with Gasteiger partial charge in [0.2, 0.25) is 11.0 Å². The summed E-state index contributed by atoms with van der Waals surface area (Å²) in [6.45, 7) is 0.498. The van der Waals surface area contributed by atoms with E-state index >= 15 is 0 Å². The monoisotopic (exact) mass is 340 g/mol. The number of azo groups is 1. The molecule has 0 aliphatic carbocycles. The number of rotatable bonds is 4. The lowest BCUT2D eigenvalue weighted by Gasteiger charge is -2.07. The second-order valence-electron chi connectivity index (χ2n) is 5.17. The van der Waals surface area contributed by atoms with Crippen LogP contribution in [0.3, 0.4) is 0 Å². The Balaban J connectivity index is 2.18. The molecule has 0 fully saturated rings. The molecular formula is C17H16N4O2S. The number of ether oxygens (including phenoxy) is 1. The highest BCUT2D eigenvalue weighted by molar-refractivity contribution is 7.80. The zero-order chi connectivity index (χ0) is 17.1. The zero-order valence-corrected chi connectivity index (χ0v) is 13.8. The van der Waals surface area contributed by atoms with Crippen molar-refractivity contribution in [2.24, 2.45) is 16.0 Å². The van der Waals surface area contributed by atoms with Crippen molar-refractivity contribution < 1.29 is 9.84 Å². The Labute approximate surface area is 144 Å². The van der Waals surface area contributed by atoms with Crippen molar-refractivity contribution in [3.05, 3.63) is 54.1 Å². The Bertz CT molecular complexity index is 919. The van der Waals surface area contributed by atoms with Crippen molar-refractivity contribution >= 4 is 33.9 Å². The number of hydrogen-bond acceptors (Lipinski definition) is 4. The van der Waals surface area contributed by atoms with Crippen LogP contribution in [0.15, 0.2) is 58.8 Å². The molecule has 1 aromatic heterocycles. The fourth-order valence-electron chi connectivity index (χ4n) is 2.55. The van der Waals surface area contributed by atoms with E-state index in [2.05, 4.69) is 10.2 Å². The molecule has 0 amide bonds. The van der Waals surface area contributed by atoms with Crippen molar-refractivity contribution in [2.75, 3.05) is 7.11 Å². The molecule has 0 saturated carbocycles. The van der Waals surface area contributed by atoms with Crippen molar-refractivity contribution in [2.45, 2.75) is 6.54 Å². The number of nitrogens with two attached hydrogens (primary N) is 1. The summed E-state index contributed by atoms with van der Waals surface area (Å²) in [5.41, 5.74) is 7.56. The molecule has 0 spiro atoms. The van der Waals surface area contributed by atoms with Crippen LogP contribution in [0.2, 0.25) is 0 Å². The first-order valence-electron chi connectivity index (χ1n) is 7.24. The lowest BCUT2D eigenvalue weighted by molar-refractivity contribution is 0.415. The van der Waals surface area contributed by atoms with E-state index in [4.69, 9.17) is 22.7 Å². The number of hydrogen-bond donors (Lipinski definition) is 2. The van der Waals surface area contributed by atoms with E-state index in [1.54, 1.807) is 17.7 Å². The third-order valence-electron chi connectivity index (χ3n) is 3.65. The summed E-state index contributed by atoms with van der Waals surface area (Å²) in [6, 6.07) is 15.3. The molecular weight excluding hydrogens is 324 g/mol. The number of nitrogens with zero attached hydrogens (tertiary/aromatic N) is 3. The molecule has 3 N–H and O–H groups in total. The van der Waals surface area contributed by atoms with Gasteiger partial charge in [0.05, 0.1) is 19.2 Å². The third-order valence-corrected chi connectivity index (χ3v) is 3.73. The smallest absolute Gasteiger partial charge is 0.221 e. The van der Waals surface area contributed by atoms with E-state index in [0.717, 1.165) is 11.1 Å². The lowest BCUT2D eigenvalue weighted by atomic mass is 10.2. The molecule has 3 aromatic rings. The Morgan fingerprint density at radius 3 is 2.67 bits per heavy atom. The Kier molecular flexibility index (Phi) is 4.43. The van der Waals surface area contributed by atoms with Crippen LogP contribution in [0, 0.1) is 0 Å². The summed E-state index contributed by atoms with van der Waals surface area (Å²) in [7, 11) is 1.58. The van der Waals surface area contributed by atoms with Crippen molar-refractivity contribution in [3.8, 4) is 11.6 Å². The van der Waals surface area contributed by atoms with Gasteiger partial charge in [0, 0.05) is 5.39 Å². The minimum absolute atomic E-state index is 0.00195. The molecule has 2 aromatic carbocycles. The predicted molar refractivity (Wildman–Crippen MR) is 97.0 cm³/mol. The Morgan fingerprint density at radius 2 is 2.00 bits per heavy atom. The van der Waals surface area contributed by atoms with E-state index in [0.29, 0.717) is 23.4 Å². The van der Waals surface area contributed by atoms with Crippen LogP contribution in [0.25, 0.3) is 10.9 Å². The van der Waals surface area contributed by atoms with E-state index < -0.39 is 0 Å². The Morgan fingerprint density at radius 1 is 1.25 bits per heavy atom. The molecule has 6 nitrogen and oxygen atoms in total. The second kappa shape index (κ2) is 6.67. The maximum Gasteiger partial charge on any atom is 0.221 e. The average molecular weight is 340 g/mol. The van der Waals surface area contributed by atoms with Gasteiger partial charge in [0.25, 0.3) is 0 Å². The summed E-state index contributed by atoms with van der Waals surface area (Å²) in [4.78, 5) is 0. The Hall–Kier alpha value is -2.93. The second-order valence-corrected chi connectivity index (χ2v) is 5.58. The number of methoxy groups -OCH3 is 1. The van der Waals surface area contributed by atoms with Crippen LogP contribution in [-0.2, 0) is 6.54 Å². The fraction of sp³-hybridized carbons (Fsp3) is 0.118. The average Bonchev–Trinajstić information content (AvgIpc) is 2.85. The van der Waals surface area contributed by atoms with Gasteiger partial charge in [-0.05, 0) is 36.0 Å². The summed E-state index contributed by atoms with van der Waals surface area (Å²) in [5.74, 6) is 0.660. The zero-order valence-electron chi connectivity index (χ0n) is 13.0. The molecule has 1 heterocycles. The summed E-state index contributed by atoms with van der Waals surface area (Å²) in [6.07, 6.45) is 0. The molecule has 0 unspecified atom stereocenters. The van der Waals surface area contributed by atoms with Crippen LogP contribution in [0.4, 0.5) is 5.69 Å². The predicted octanol–water partition coefficient (Wildman–Crippen LogP) is 3.73. The summed E-state index contributed by atoms with van der Waals surface area (Å²) >= 11 is 4.73. The van der Waals surface area contributed by atoms with Gasteiger partial charge < -0.3 is 20.1 Å². The molecule has 0 aliphatic heterocycles. The largest absolute Gasteiger partial charge is 0.497 e. The first-order valence-corrected chi connectivity index (χ1v) is 7.65. The van der Waals surface area contributed by atoms with Gasteiger partial charge in [0.15, 0.2) is 5.69 Å². The molecule has 0 radical (unpaired) electrons. The molecule has 0 saturated heterocycles. The van der Waals surface area contributed by atoms with Crippen LogP contribution in [-0.4, -0.2) is 21.9 Å². The minimum atomic E-state index is -0.0961. The van der Waals surface area contributed by atoms with E-state index in [-0.39, 0.29) is 11.0 Å². The van der Waals surface area contributed by atoms with Crippen molar-refractivity contribution in [1.29, 1.82) is 0 Å². The number of thiocarbonyl (C=S) groups is 1. The molecule has 0 atom stereocenters. The topological polar surface area (TPSA) is 85.1 Å². The first-order chi connectivity index (χ1) is 11.6. The summed E-state index contributed by atoms with van der Waals surface area (Å²) in [5, 5.41) is 19.0. The summed E-state index contributed by atoms with van der Waals surface area (Å²) < 4.78 is 7.02. The maximum atomic E-state index is 10.6. The highest BCUT2D eigenvalue weighted by Crippen LogP contribution is 2.40. The molecule has 24 heavy (non-hydrogen) atoms. The van der Waals surface area contributed by atoms with Gasteiger partial charge in [-0.1, -0.05) is 30.3 Å². The van der Waals surface area contributed by atoms with E-state index in [9.17, 15) is 5.11 Å². The van der Waals surface area contributed by atoms with Gasteiger partial charge in [0.1, 0.15) is 5.75 Å². The van der Waals surface area contributed by atoms with E-state index in [1.807, 2.05) is 42.5 Å². The van der Waals surface area contributed by atoms with Crippen LogP contribution in [0.1, 0.15) is 5.56 Å². The van der Waals surface area contributed by atoms with Crippen molar-refractivity contribution in [3.63, 3.8) is 0 Å². The highest BCUT2D eigenvalue weighted by atomic mass is 32.1. The maximum absolute atomic E-state index is 10.6. The molecule has 3 rings (SSSR count). The van der Waals surface area contributed by atoms with Crippen LogP contribution in [0.5, 0.6) is 11.6 Å². The standard InChI is InChI=1S/C17H16N4O2S/c1-23-12-7-8-14-13(9-12)15(19-20-17(18)24)16(22)21(14)10-11-5-3-2-4-6-11/h2-9,22H,10H2,1H3,(H2,18,24). The van der Waals surface area contributed by atoms with Gasteiger partial charge in [-0.15, -0.1) is 10.2 Å². The number of benzene rings is 2. The minimum Gasteiger partial charge on any atom is -0.497 e. The molecule has 0 aliphatic rings. The van der Waals surface area contributed by atoms with Crippen molar-refractivity contribution in [1.82, 2.24) is 4.57 Å². The van der Waals surface area contributed by atoms with Crippen LogP contribution < -0.4 is 10.5 Å². The van der Waals surface area contributed by atoms with Gasteiger partial charge in [-0.3, -0.25) is 0 Å². The normalized spacial score (nSPS) is 11.2. The quantitative estimate of drug-likeness (QED) is 0.560. The SMILES string of the molecule is COc1ccc2c(c1)c(N=NC(N)=S)c(O)n2Cc1ccccc1. The van der Waals surface area contributed by atoms with Crippen LogP contribution >= 0.6 is 12.2 Å². The van der Waals surface area contributed by atoms with Gasteiger partial charge in [-0.2, -0.15) is 0 Å². The highest BCUT2D eigenvalue weighted by Gasteiger charge is 2.17. The first kappa shape index (κ1) is 15.9. The molecule has 0 bridgehead atoms. The number of aromatic nitrogens is 1.